The number of amides is 1. The second kappa shape index (κ2) is 8.52. The third-order valence-corrected chi connectivity index (χ3v) is 5.08. The highest BCUT2D eigenvalue weighted by Gasteiger charge is 2.19. The summed E-state index contributed by atoms with van der Waals surface area (Å²) in [6.45, 7) is 5.77. The van der Waals surface area contributed by atoms with Crippen molar-refractivity contribution in [2.24, 2.45) is 0 Å². The quantitative estimate of drug-likeness (QED) is 0.859. The number of hydrogen-bond donors (Lipinski definition) is 1. The lowest BCUT2D eigenvalue weighted by atomic mass is 10.2. The number of rotatable bonds is 5. The van der Waals surface area contributed by atoms with E-state index in [2.05, 4.69) is 15.1 Å². The van der Waals surface area contributed by atoms with Crippen LogP contribution in [0.15, 0.2) is 42.5 Å². The third-order valence-electron chi connectivity index (χ3n) is 4.68. The maximum Gasteiger partial charge on any atom is 0.225 e. The zero-order valence-electron chi connectivity index (χ0n) is 14.8. The van der Waals surface area contributed by atoms with Gasteiger partial charge in [-0.3, -0.25) is 9.69 Å². The molecule has 0 spiro atoms. The van der Waals surface area contributed by atoms with Crippen molar-refractivity contribution in [3.63, 3.8) is 0 Å². The van der Waals surface area contributed by atoms with Gasteiger partial charge in [0.1, 0.15) is 5.82 Å². The number of carbonyl (C=O) groups excluding carboxylic acids is 1. The van der Waals surface area contributed by atoms with Gasteiger partial charge in [0.2, 0.25) is 5.91 Å². The van der Waals surface area contributed by atoms with Gasteiger partial charge in [0.05, 0.1) is 5.69 Å². The molecule has 0 aliphatic carbocycles. The van der Waals surface area contributed by atoms with E-state index in [-0.39, 0.29) is 11.7 Å². The first-order valence-corrected chi connectivity index (χ1v) is 9.18. The average molecular weight is 376 g/mol. The number of aryl methyl sites for hydroxylation is 1. The molecule has 1 amide bonds. The number of hydrogen-bond acceptors (Lipinski definition) is 3. The predicted molar refractivity (Wildman–Crippen MR) is 104 cm³/mol. The molecule has 0 bridgehead atoms. The van der Waals surface area contributed by atoms with Crippen molar-refractivity contribution in [3.05, 3.63) is 58.9 Å². The van der Waals surface area contributed by atoms with Crippen LogP contribution in [-0.2, 0) is 4.79 Å². The maximum absolute atomic E-state index is 13.9. The first kappa shape index (κ1) is 18.7. The fourth-order valence-corrected chi connectivity index (χ4v) is 3.25. The van der Waals surface area contributed by atoms with Crippen LogP contribution in [0.3, 0.4) is 0 Å². The molecule has 1 aliphatic heterocycles. The minimum Gasteiger partial charge on any atom is -0.367 e. The summed E-state index contributed by atoms with van der Waals surface area (Å²) in [7, 11) is 0. The average Bonchev–Trinajstić information content (AvgIpc) is 2.64. The predicted octanol–water partition coefficient (Wildman–Crippen LogP) is 3.94. The summed E-state index contributed by atoms with van der Waals surface area (Å²) < 4.78 is 13.9. The Kier molecular flexibility index (Phi) is 6.12. The summed E-state index contributed by atoms with van der Waals surface area (Å²) in [6.07, 6.45) is 0.422. The summed E-state index contributed by atoms with van der Waals surface area (Å²) >= 11 is 6.08. The molecule has 1 heterocycles. The van der Waals surface area contributed by atoms with Crippen LogP contribution in [0.2, 0.25) is 5.02 Å². The van der Waals surface area contributed by atoms with E-state index in [0.717, 1.165) is 37.4 Å². The lowest BCUT2D eigenvalue weighted by Crippen LogP contribution is -2.47. The van der Waals surface area contributed by atoms with E-state index in [1.54, 1.807) is 12.1 Å². The molecular formula is C20H23ClFN3O. The van der Waals surface area contributed by atoms with Gasteiger partial charge in [-0.2, -0.15) is 0 Å². The molecule has 0 atom stereocenters. The summed E-state index contributed by atoms with van der Waals surface area (Å²) in [5.41, 5.74) is 2.36. The monoisotopic (exact) mass is 375 g/mol. The van der Waals surface area contributed by atoms with Gasteiger partial charge in [0.15, 0.2) is 0 Å². The molecule has 0 aromatic heterocycles. The first-order valence-electron chi connectivity index (χ1n) is 8.81. The van der Waals surface area contributed by atoms with Crippen LogP contribution in [0.25, 0.3) is 0 Å². The minimum absolute atomic E-state index is 0.0264. The Morgan fingerprint density at radius 3 is 2.58 bits per heavy atom. The lowest BCUT2D eigenvalue weighted by Gasteiger charge is -2.36. The zero-order chi connectivity index (χ0) is 18.5. The van der Waals surface area contributed by atoms with Crippen molar-refractivity contribution in [2.45, 2.75) is 13.3 Å². The van der Waals surface area contributed by atoms with Gasteiger partial charge >= 0.3 is 0 Å². The molecule has 138 valence electrons. The molecule has 6 heteroatoms. The van der Waals surface area contributed by atoms with Crippen molar-refractivity contribution >= 4 is 28.9 Å². The SMILES string of the molecule is Cc1ccc(NC(=O)CCN2CCN(c3ccccc3F)CC2)cc1Cl. The second-order valence-corrected chi connectivity index (χ2v) is 6.95. The molecule has 2 aromatic rings. The number of benzene rings is 2. The van der Waals surface area contributed by atoms with Crippen molar-refractivity contribution in [3.8, 4) is 0 Å². The van der Waals surface area contributed by atoms with Crippen LogP contribution < -0.4 is 10.2 Å². The van der Waals surface area contributed by atoms with Gasteiger partial charge < -0.3 is 10.2 Å². The Hall–Kier alpha value is -2.11. The van der Waals surface area contributed by atoms with Crippen LogP contribution >= 0.6 is 11.6 Å². The first-order chi connectivity index (χ1) is 12.5. The lowest BCUT2D eigenvalue weighted by molar-refractivity contribution is -0.116. The molecule has 0 radical (unpaired) electrons. The standard InChI is InChI=1S/C20H23ClFN3O/c1-15-6-7-16(14-17(15)21)23-20(26)8-9-24-10-12-25(13-11-24)19-5-3-2-4-18(19)22/h2-7,14H,8-13H2,1H3,(H,23,26). The zero-order valence-corrected chi connectivity index (χ0v) is 15.6. The molecule has 1 aliphatic rings. The molecule has 0 unspecified atom stereocenters. The molecular weight excluding hydrogens is 353 g/mol. The largest absolute Gasteiger partial charge is 0.367 e. The number of nitrogens with zero attached hydrogens (tertiary/aromatic N) is 2. The molecule has 4 nitrogen and oxygen atoms in total. The van der Waals surface area contributed by atoms with Crippen LogP contribution in [0.4, 0.5) is 15.8 Å². The molecule has 26 heavy (non-hydrogen) atoms. The molecule has 2 aromatic carbocycles. The summed E-state index contributed by atoms with van der Waals surface area (Å²) in [5.74, 6) is -0.210. The van der Waals surface area contributed by atoms with E-state index >= 15 is 0 Å². The Morgan fingerprint density at radius 2 is 1.88 bits per heavy atom. The third kappa shape index (κ3) is 4.74. The molecule has 0 saturated carbocycles. The highest BCUT2D eigenvalue weighted by molar-refractivity contribution is 6.31. The number of carbonyl (C=O) groups is 1. The Balaban J connectivity index is 1.44. The highest BCUT2D eigenvalue weighted by Crippen LogP contribution is 2.21. The second-order valence-electron chi connectivity index (χ2n) is 6.54. The normalized spacial score (nSPS) is 15.1. The van der Waals surface area contributed by atoms with E-state index in [1.807, 2.05) is 31.2 Å². The maximum atomic E-state index is 13.9. The molecule has 3 rings (SSSR count). The summed E-state index contributed by atoms with van der Waals surface area (Å²) in [4.78, 5) is 16.4. The fourth-order valence-electron chi connectivity index (χ4n) is 3.07. The van der Waals surface area contributed by atoms with Crippen molar-refractivity contribution < 1.29 is 9.18 Å². The van der Waals surface area contributed by atoms with Crippen LogP contribution in [-0.4, -0.2) is 43.5 Å². The van der Waals surface area contributed by atoms with Gasteiger partial charge in [-0.1, -0.05) is 29.8 Å². The van der Waals surface area contributed by atoms with Crippen LogP contribution in [0, 0.1) is 12.7 Å². The fraction of sp³-hybridized carbons (Fsp3) is 0.350. The smallest absolute Gasteiger partial charge is 0.225 e. The number of para-hydroxylation sites is 1. The Bertz CT molecular complexity index is 775. The van der Waals surface area contributed by atoms with Crippen molar-refractivity contribution in [1.82, 2.24) is 4.90 Å². The van der Waals surface area contributed by atoms with Crippen molar-refractivity contribution in [2.75, 3.05) is 42.9 Å². The molecule has 1 N–H and O–H groups in total. The van der Waals surface area contributed by atoms with Gasteiger partial charge in [-0.05, 0) is 36.8 Å². The number of anilines is 2. The highest BCUT2D eigenvalue weighted by atomic mass is 35.5. The van der Waals surface area contributed by atoms with Crippen LogP contribution in [0.5, 0.6) is 0 Å². The van der Waals surface area contributed by atoms with E-state index in [0.29, 0.717) is 23.7 Å². The summed E-state index contributed by atoms with van der Waals surface area (Å²) in [6, 6.07) is 12.4. The van der Waals surface area contributed by atoms with Gasteiger partial charge in [-0.15, -0.1) is 0 Å². The topological polar surface area (TPSA) is 35.6 Å². The minimum atomic E-state index is -0.183. The van der Waals surface area contributed by atoms with Gasteiger partial charge in [0, 0.05) is 49.9 Å². The number of halogens is 2. The molecule has 1 fully saturated rings. The number of nitrogens with one attached hydrogen (secondary N) is 1. The van der Waals surface area contributed by atoms with E-state index in [9.17, 15) is 9.18 Å². The Morgan fingerprint density at radius 1 is 1.15 bits per heavy atom. The van der Waals surface area contributed by atoms with Crippen LogP contribution in [0.1, 0.15) is 12.0 Å². The van der Waals surface area contributed by atoms with Gasteiger partial charge in [0.25, 0.3) is 0 Å². The van der Waals surface area contributed by atoms with E-state index in [4.69, 9.17) is 11.6 Å². The molecule has 1 saturated heterocycles. The van der Waals surface area contributed by atoms with Crippen molar-refractivity contribution in [1.29, 1.82) is 0 Å². The van der Waals surface area contributed by atoms with Gasteiger partial charge in [-0.25, -0.2) is 4.39 Å². The summed E-state index contributed by atoms with van der Waals surface area (Å²) in [5, 5.41) is 3.53. The van der Waals surface area contributed by atoms with E-state index in [1.165, 1.54) is 6.07 Å². The Labute approximate surface area is 158 Å². The number of piperazine rings is 1. The van der Waals surface area contributed by atoms with E-state index < -0.39 is 0 Å².